The van der Waals surface area contributed by atoms with Gasteiger partial charge in [0.2, 0.25) is 5.91 Å². The van der Waals surface area contributed by atoms with E-state index in [1.807, 2.05) is 60.7 Å². The molecule has 1 atom stereocenters. The Morgan fingerprint density at radius 1 is 1.00 bits per heavy atom. The molecular formula is C24H26N2O3. The molecule has 5 heteroatoms. The molecule has 0 aliphatic heterocycles. The van der Waals surface area contributed by atoms with Gasteiger partial charge in [0.15, 0.2) is 11.5 Å². The van der Waals surface area contributed by atoms with Crippen LogP contribution in [0.15, 0.2) is 73.1 Å². The Balaban J connectivity index is 1.53. The van der Waals surface area contributed by atoms with Gasteiger partial charge in [-0.3, -0.25) is 9.78 Å². The lowest BCUT2D eigenvalue weighted by atomic mass is 9.97. The van der Waals surface area contributed by atoms with E-state index in [-0.39, 0.29) is 11.8 Å². The van der Waals surface area contributed by atoms with Gasteiger partial charge in [0.25, 0.3) is 0 Å². The van der Waals surface area contributed by atoms with Crippen molar-refractivity contribution in [2.45, 2.75) is 32.4 Å². The van der Waals surface area contributed by atoms with Gasteiger partial charge in [0, 0.05) is 25.4 Å². The molecule has 0 aliphatic carbocycles. The van der Waals surface area contributed by atoms with Gasteiger partial charge in [0.05, 0.1) is 7.11 Å². The average Bonchev–Trinajstić information content (AvgIpc) is 2.77. The van der Waals surface area contributed by atoms with Crippen LogP contribution in [0.4, 0.5) is 0 Å². The van der Waals surface area contributed by atoms with E-state index in [4.69, 9.17) is 9.47 Å². The van der Waals surface area contributed by atoms with Gasteiger partial charge in [-0.25, -0.2) is 0 Å². The first kappa shape index (κ1) is 20.4. The third-order valence-electron chi connectivity index (χ3n) is 4.72. The molecule has 0 saturated carbocycles. The molecule has 0 saturated heterocycles. The van der Waals surface area contributed by atoms with E-state index in [1.54, 1.807) is 19.5 Å². The summed E-state index contributed by atoms with van der Waals surface area (Å²) >= 11 is 0. The van der Waals surface area contributed by atoms with Crippen LogP contribution in [-0.2, 0) is 17.9 Å². The molecule has 0 aliphatic rings. The number of aromatic nitrogens is 1. The van der Waals surface area contributed by atoms with E-state index in [2.05, 4.69) is 17.2 Å². The molecule has 0 unspecified atom stereocenters. The second-order valence-corrected chi connectivity index (χ2v) is 6.92. The molecule has 0 fully saturated rings. The third-order valence-corrected chi connectivity index (χ3v) is 4.72. The van der Waals surface area contributed by atoms with Crippen LogP contribution in [0, 0.1) is 0 Å². The van der Waals surface area contributed by atoms with Crippen LogP contribution in [0.25, 0.3) is 0 Å². The number of pyridine rings is 1. The second-order valence-electron chi connectivity index (χ2n) is 6.92. The van der Waals surface area contributed by atoms with Crippen molar-refractivity contribution >= 4 is 5.91 Å². The van der Waals surface area contributed by atoms with Crippen molar-refractivity contribution in [1.82, 2.24) is 10.3 Å². The summed E-state index contributed by atoms with van der Waals surface area (Å²) in [5, 5.41) is 2.99. The Kier molecular flexibility index (Phi) is 7.22. The van der Waals surface area contributed by atoms with E-state index in [0.717, 1.165) is 11.1 Å². The summed E-state index contributed by atoms with van der Waals surface area (Å²) in [5.74, 6) is 1.51. The molecule has 1 amide bonds. The number of rotatable bonds is 9. The number of hydrogen-bond donors (Lipinski definition) is 1. The van der Waals surface area contributed by atoms with Gasteiger partial charge in [-0.05, 0) is 46.9 Å². The smallest absolute Gasteiger partial charge is 0.220 e. The van der Waals surface area contributed by atoms with Crippen molar-refractivity contribution in [1.29, 1.82) is 0 Å². The van der Waals surface area contributed by atoms with Crippen molar-refractivity contribution in [2.24, 2.45) is 0 Å². The summed E-state index contributed by atoms with van der Waals surface area (Å²) in [5.41, 5.74) is 3.16. The van der Waals surface area contributed by atoms with E-state index in [0.29, 0.717) is 31.1 Å². The lowest BCUT2D eigenvalue weighted by Crippen LogP contribution is -2.24. The molecule has 2 aromatic carbocycles. The first-order valence-electron chi connectivity index (χ1n) is 9.66. The lowest BCUT2D eigenvalue weighted by molar-refractivity contribution is -0.121. The summed E-state index contributed by atoms with van der Waals surface area (Å²) in [4.78, 5) is 16.3. The summed E-state index contributed by atoms with van der Waals surface area (Å²) in [6.07, 6.45) is 3.93. The number of nitrogens with one attached hydrogen (secondary N) is 1. The first-order chi connectivity index (χ1) is 14.2. The summed E-state index contributed by atoms with van der Waals surface area (Å²) in [7, 11) is 1.61. The van der Waals surface area contributed by atoms with Crippen LogP contribution in [0.1, 0.15) is 36.0 Å². The number of carbonyl (C=O) groups is 1. The highest BCUT2D eigenvalue weighted by Crippen LogP contribution is 2.29. The highest BCUT2D eigenvalue weighted by Gasteiger charge is 2.12. The van der Waals surface area contributed by atoms with Crippen molar-refractivity contribution in [3.8, 4) is 11.5 Å². The summed E-state index contributed by atoms with van der Waals surface area (Å²) < 4.78 is 11.3. The number of benzene rings is 2. The van der Waals surface area contributed by atoms with E-state index < -0.39 is 0 Å². The molecule has 3 rings (SSSR count). The Bertz CT molecular complexity index is 914. The summed E-state index contributed by atoms with van der Waals surface area (Å²) in [6, 6.07) is 19.6. The molecule has 1 aromatic heterocycles. The molecule has 0 spiro atoms. The Morgan fingerprint density at radius 2 is 1.76 bits per heavy atom. The number of amides is 1. The summed E-state index contributed by atoms with van der Waals surface area (Å²) in [6.45, 7) is 2.94. The number of ether oxygens (including phenoxy) is 2. The standard InChI is InChI=1S/C24H26N2O3/c1-18(21-6-4-3-5-7-21)14-24(27)26-16-20-8-9-22(23(15-20)28-2)29-17-19-10-12-25-13-11-19/h3-13,15,18H,14,16-17H2,1-2H3,(H,26,27)/t18-/m1/s1. The van der Waals surface area contributed by atoms with Gasteiger partial charge in [-0.1, -0.05) is 43.3 Å². The quantitative estimate of drug-likeness (QED) is 0.585. The maximum absolute atomic E-state index is 12.3. The number of nitrogens with zero attached hydrogens (tertiary/aromatic N) is 1. The molecule has 29 heavy (non-hydrogen) atoms. The number of carbonyl (C=O) groups excluding carboxylic acids is 1. The van der Waals surface area contributed by atoms with Crippen LogP contribution in [0.2, 0.25) is 0 Å². The molecule has 0 radical (unpaired) electrons. The molecule has 5 nitrogen and oxygen atoms in total. The van der Waals surface area contributed by atoms with Crippen LogP contribution >= 0.6 is 0 Å². The van der Waals surface area contributed by atoms with Gasteiger partial charge in [-0.2, -0.15) is 0 Å². The third kappa shape index (κ3) is 6.07. The zero-order valence-corrected chi connectivity index (χ0v) is 16.8. The first-order valence-corrected chi connectivity index (χ1v) is 9.66. The topological polar surface area (TPSA) is 60.5 Å². The maximum atomic E-state index is 12.3. The molecule has 3 aromatic rings. The molecular weight excluding hydrogens is 364 g/mol. The van der Waals surface area contributed by atoms with E-state index in [1.165, 1.54) is 5.56 Å². The van der Waals surface area contributed by atoms with Gasteiger partial charge >= 0.3 is 0 Å². The molecule has 1 N–H and O–H groups in total. The minimum Gasteiger partial charge on any atom is -0.493 e. The van der Waals surface area contributed by atoms with Gasteiger partial charge in [-0.15, -0.1) is 0 Å². The van der Waals surface area contributed by atoms with Crippen LogP contribution in [-0.4, -0.2) is 18.0 Å². The fourth-order valence-electron chi connectivity index (χ4n) is 3.03. The highest BCUT2D eigenvalue weighted by atomic mass is 16.5. The molecule has 1 heterocycles. The minimum absolute atomic E-state index is 0.0262. The minimum atomic E-state index is 0.0262. The zero-order chi connectivity index (χ0) is 20.5. The van der Waals surface area contributed by atoms with Crippen molar-refractivity contribution < 1.29 is 14.3 Å². The zero-order valence-electron chi connectivity index (χ0n) is 16.8. The second kappa shape index (κ2) is 10.3. The Morgan fingerprint density at radius 3 is 2.48 bits per heavy atom. The fourth-order valence-corrected chi connectivity index (χ4v) is 3.03. The van der Waals surface area contributed by atoms with Crippen LogP contribution < -0.4 is 14.8 Å². The Hall–Kier alpha value is -3.34. The predicted molar refractivity (Wildman–Crippen MR) is 113 cm³/mol. The van der Waals surface area contributed by atoms with Crippen LogP contribution in [0.3, 0.4) is 0 Å². The van der Waals surface area contributed by atoms with Crippen LogP contribution in [0.5, 0.6) is 11.5 Å². The van der Waals surface area contributed by atoms with E-state index >= 15 is 0 Å². The fraction of sp³-hybridized carbons (Fsp3) is 0.250. The number of methoxy groups -OCH3 is 1. The van der Waals surface area contributed by atoms with E-state index in [9.17, 15) is 4.79 Å². The SMILES string of the molecule is COc1cc(CNC(=O)C[C@@H](C)c2ccccc2)ccc1OCc1ccncc1. The average molecular weight is 390 g/mol. The molecule has 150 valence electrons. The van der Waals surface area contributed by atoms with Gasteiger partial charge in [0.1, 0.15) is 6.61 Å². The largest absolute Gasteiger partial charge is 0.493 e. The van der Waals surface area contributed by atoms with Crippen molar-refractivity contribution in [3.05, 3.63) is 89.7 Å². The van der Waals surface area contributed by atoms with Crippen molar-refractivity contribution in [2.75, 3.05) is 7.11 Å². The maximum Gasteiger partial charge on any atom is 0.220 e. The molecule has 0 bridgehead atoms. The predicted octanol–water partition coefficient (Wildman–Crippen LogP) is 4.48. The lowest BCUT2D eigenvalue weighted by Gasteiger charge is -2.14. The van der Waals surface area contributed by atoms with Crippen molar-refractivity contribution in [3.63, 3.8) is 0 Å². The van der Waals surface area contributed by atoms with Gasteiger partial charge < -0.3 is 14.8 Å². The number of hydrogen-bond acceptors (Lipinski definition) is 4. The monoisotopic (exact) mass is 390 g/mol. The Labute approximate surface area is 171 Å². The normalized spacial score (nSPS) is 11.5. The highest BCUT2D eigenvalue weighted by molar-refractivity contribution is 5.76.